The normalized spacial score (nSPS) is 10.9. The van der Waals surface area contributed by atoms with Crippen molar-refractivity contribution in [3.05, 3.63) is 12.3 Å². The molecule has 0 radical (unpaired) electrons. The fourth-order valence-corrected chi connectivity index (χ4v) is 2.12. The topological polar surface area (TPSA) is 24.1 Å². The first-order valence-corrected chi connectivity index (χ1v) is 8.25. The Bertz CT molecular complexity index is 199. The maximum absolute atomic E-state index is 4.03. The maximum atomic E-state index is 4.03. The van der Waals surface area contributed by atoms with Crippen LogP contribution >= 0.6 is 0 Å². The van der Waals surface area contributed by atoms with Gasteiger partial charge in [-0.05, 0) is 32.4 Å². The lowest BCUT2D eigenvalue weighted by Gasteiger charge is -2.12. The number of hydrogen-bond acceptors (Lipinski definition) is 2. The minimum absolute atomic E-state index is 0.558. The van der Waals surface area contributed by atoms with Gasteiger partial charge in [0.15, 0.2) is 0 Å². The lowest BCUT2D eigenvalue weighted by Crippen LogP contribution is -2.17. The first-order chi connectivity index (χ1) is 9.18. The van der Waals surface area contributed by atoms with E-state index >= 15 is 0 Å². The van der Waals surface area contributed by atoms with Gasteiger partial charge in [-0.25, -0.2) is 0 Å². The molecular weight excluding hydrogens is 232 g/mol. The van der Waals surface area contributed by atoms with E-state index in [0.29, 0.717) is 5.92 Å². The van der Waals surface area contributed by atoms with E-state index < -0.39 is 0 Å². The smallest absolute Gasteiger partial charge is 0.0143 e. The summed E-state index contributed by atoms with van der Waals surface area (Å²) in [6.07, 6.45) is 12.4. The lowest BCUT2D eigenvalue weighted by molar-refractivity contribution is 0.544. The lowest BCUT2D eigenvalue weighted by atomic mass is 10.1. The first-order valence-electron chi connectivity index (χ1n) is 8.25. The Morgan fingerprint density at radius 1 is 0.789 bits per heavy atom. The zero-order valence-corrected chi connectivity index (χ0v) is 13.6. The Morgan fingerprint density at radius 2 is 1.21 bits per heavy atom. The molecule has 0 aliphatic rings. The molecule has 19 heavy (non-hydrogen) atoms. The summed E-state index contributed by atoms with van der Waals surface area (Å²) < 4.78 is 0. The predicted octanol–water partition coefficient (Wildman–Crippen LogP) is 4.48. The van der Waals surface area contributed by atoms with Crippen LogP contribution in [0.15, 0.2) is 12.3 Å². The molecule has 0 aromatic carbocycles. The van der Waals surface area contributed by atoms with E-state index in [0.717, 1.165) is 6.54 Å². The molecule has 2 heteroatoms. The van der Waals surface area contributed by atoms with Gasteiger partial charge in [0.1, 0.15) is 0 Å². The molecule has 0 amide bonds. The zero-order valence-electron chi connectivity index (χ0n) is 13.6. The van der Waals surface area contributed by atoms with Crippen LogP contribution in [0.1, 0.15) is 71.6 Å². The highest BCUT2D eigenvalue weighted by Gasteiger charge is 1.98. The third kappa shape index (κ3) is 13.7. The average Bonchev–Trinajstić information content (AvgIpc) is 2.39. The Balaban J connectivity index is 3.05. The number of hydrogen-bond donors (Lipinski definition) is 2. The second kappa shape index (κ2) is 13.9. The van der Waals surface area contributed by atoms with Gasteiger partial charge in [0.05, 0.1) is 0 Å². The Kier molecular flexibility index (Phi) is 13.6. The number of unbranched alkanes of at least 4 members (excludes halogenated alkanes) is 8. The number of rotatable bonds is 14. The van der Waals surface area contributed by atoms with Crippen molar-refractivity contribution in [2.45, 2.75) is 71.6 Å². The molecule has 2 N–H and O–H groups in total. The highest BCUT2D eigenvalue weighted by atomic mass is 14.9. The second-order valence-electron chi connectivity index (χ2n) is 5.89. The van der Waals surface area contributed by atoms with E-state index in [2.05, 4.69) is 31.1 Å². The molecule has 0 bridgehead atoms. The summed E-state index contributed by atoms with van der Waals surface area (Å²) in [6.45, 7) is 10.7. The summed E-state index contributed by atoms with van der Waals surface area (Å²) >= 11 is 0. The molecule has 0 atom stereocenters. The van der Waals surface area contributed by atoms with E-state index in [4.69, 9.17) is 0 Å². The van der Waals surface area contributed by atoms with Crippen LogP contribution in [0.3, 0.4) is 0 Å². The van der Waals surface area contributed by atoms with Crippen molar-refractivity contribution < 1.29 is 0 Å². The third-order valence-corrected chi connectivity index (χ3v) is 3.65. The molecule has 0 aliphatic carbocycles. The van der Waals surface area contributed by atoms with Crippen molar-refractivity contribution in [1.29, 1.82) is 0 Å². The predicted molar refractivity (Wildman–Crippen MR) is 87.5 cm³/mol. The Hall–Kier alpha value is -0.500. The Labute approximate surface area is 121 Å². The van der Waals surface area contributed by atoms with E-state index in [1.807, 2.05) is 7.05 Å². The van der Waals surface area contributed by atoms with Gasteiger partial charge in [-0.2, -0.15) is 0 Å². The quantitative estimate of drug-likeness (QED) is 0.454. The molecule has 0 heterocycles. The number of nitrogens with one attached hydrogen (secondary N) is 2. The van der Waals surface area contributed by atoms with E-state index in [1.54, 1.807) is 0 Å². The minimum Gasteiger partial charge on any atom is -0.389 e. The molecule has 2 nitrogen and oxygen atoms in total. The summed E-state index contributed by atoms with van der Waals surface area (Å²) in [5.74, 6) is 0.558. The molecule has 0 spiro atoms. The third-order valence-electron chi connectivity index (χ3n) is 3.65. The van der Waals surface area contributed by atoms with Crippen molar-refractivity contribution in [3.8, 4) is 0 Å². The van der Waals surface area contributed by atoms with Crippen molar-refractivity contribution in [3.63, 3.8) is 0 Å². The van der Waals surface area contributed by atoms with Crippen LogP contribution in [-0.4, -0.2) is 20.1 Å². The minimum atomic E-state index is 0.558. The van der Waals surface area contributed by atoms with Gasteiger partial charge in [-0.3, -0.25) is 0 Å². The summed E-state index contributed by atoms with van der Waals surface area (Å²) in [7, 11) is 2.03. The van der Waals surface area contributed by atoms with Crippen LogP contribution in [0, 0.1) is 5.92 Å². The molecule has 0 aromatic heterocycles. The van der Waals surface area contributed by atoms with E-state index in [-0.39, 0.29) is 0 Å². The Morgan fingerprint density at radius 3 is 1.63 bits per heavy atom. The van der Waals surface area contributed by atoms with Gasteiger partial charge in [-0.1, -0.05) is 65.4 Å². The molecule has 0 aromatic rings. The van der Waals surface area contributed by atoms with E-state index in [1.165, 1.54) is 70.0 Å². The van der Waals surface area contributed by atoms with Crippen molar-refractivity contribution in [2.75, 3.05) is 20.1 Å². The molecule has 0 saturated carbocycles. The molecule has 0 unspecified atom stereocenters. The first kappa shape index (κ1) is 18.5. The van der Waals surface area contributed by atoms with Crippen LogP contribution in [0.4, 0.5) is 0 Å². The van der Waals surface area contributed by atoms with Crippen molar-refractivity contribution in [2.24, 2.45) is 5.92 Å². The highest BCUT2D eigenvalue weighted by Crippen LogP contribution is 2.09. The average molecular weight is 268 g/mol. The van der Waals surface area contributed by atoms with Gasteiger partial charge < -0.3 is 10.6 Å². The molecule has 0 aliphatic heterocycles. The van der Waals surface area contributed by atoms with Gasteiger partial charge in [0, 0.05) is 12.2 Å². The maximum Gasteiger partial charge on any atom is 0.0143 e. The monoisotopic (exact) mass is 268 g/mol. The summed E-state index contributed by atoms with van der Waals surface area (Å²) in [6, 6.07) is 0. The van der Waals surface area contributed by atoms with Gasteiger partial charge >= 0.3 is 0 Å². The molecule has 0 saturated heterocycles. The van der Waals surface area contributed by atoms with Crippen molar-refractivity contribution in [1.82, 2.24) is 10.6 Å². The fraction of sp³-hybridized carbons (Fsp3) is 0.882. The van der Waals surface area contributed by atoms with Crippen LogP contribution in [0.2, 0.25) is 0 Å². The van der Waals surface area contributed by atoms with Crippen LogP contribution in [0.5, 0.6) is 0 Å². The SMILES string of the molecule is C=C(NCCCCCCCCCCCNC)C(C)C. The van der Waals surface area contributed by atoms with Crippen LogP contribution in [-0.2, 0) is 0 Å². The largest absolute Gasteiger partial charge is 0.389 e. The summed E-state index contributed by atoms with van der Waals surface area (Å²) in [4.78, 5) is 0. The highest BCUT2D eigenvalue weighted by molar-refractivity contribution is 4.93. The molecule has 0 rings (SSSR count). The molecule has 114 valence electrons. The van der Waals surface area contributed by atoms with Gasteiger partial charge in [0.25, 0.3) is 0 Å². The molecule has 0 fully saturated rings. The van der Waals surface area contributed by atoms with Crippen LogP contribution < -0.4 is 10.6 Å². The number of allylic oxidation sites excluding steroid dienone is 1. The van der Waals surface area contributed by atoms with Crippen LogP contribution in [0.25, 0.3) is 0 Å². The standard InChI is InChI=1S/C17H36N2/c1-16(2)17(3)19-15-13-11-9-7-5-6-8-10-12-14-18-4/h16,18-19H,3,5-15H2,1-2,4H3. The zero-order chi connectivity index (χ0) is 14.3. The van der Waals surface area contributed by atoms with Gasteiger partial charge in [-0.15, -0.1) is 0 Å². The summed E-state index contributed by atoms with van der Waals surface area (Å²) in [5.41, 5.74) is 1.18. The summed E-state index contributed by atoms with van der Waals surface area (Å²) in [5, 5.41) is 6.61. The second-order valence-corrected chi connectivity index (χ2v) is 5.89. The van der Waals surface area contributed by atoms with Gasteiger partial charge in [0.2, 0.25) is 0 Å². The van der Waals surface area contributed by atoms with Crippen molar-refractivity contribution >= 4 is 0 Å². The van der Waals surface area contributed by atoms with E-state index in [9.17, 15) is 0 Å². The molecular formula is C17H36N2. The fourth-order valence-electron chi connectivity index (χ4n) is 2.12.